The van der Waals surface area contributed by atoms with Gasteiger partial charge in [0, 0.05) is 25.4 Å². The Kier molecular flexibility index (Phi) is 4.50. The number of ether oxygens (including phenoxy) is 1. The molecule has 2 N–H and O–H groups in total. The number of hydrogen-bond acceptors (Lipinski definition) is 4. The highest BCUT2D eigenvalue weighted by atomic mass is 16.5. The van der Waals surface area contributed by atoms with Crippen molar-refractivity contribution in [1.29, 1.82) is 0 Å². The van der Waals surface area contributed by atoms with E-state index in [1.807, 2.05) is 32.3 Å². The fourth-order valence-electron chi connectivity index (χ4n) is 2.12. The largest absolute Gasteiger partial charge is 0.504 e. The molecule has 0 aliphatic heterocycles. The van der Waals surface area contributed by atoms with Crippen molar-refractivity contribution in [3.05, 3.63) is 35.7 Å². The molecule has 1 aromatic heterocycles. The maximum absolute atomic E-state index is 10.1. The zero-order valence-electron chi connectivity index (χ0n) is 12.2. The number of nitrogens with one attached hydrogen (secondary N) is 1. The van der Waals surface area contributed by atoms with E-state index in [-0.39, 0.29) is 5.75 Å². The van der Waals surface area contributed by atoms with Crippen LogP contribution in [-0.4, -0.2) is 21.5 Å². The second kappa shape index (κ2) is 6.32. The molecule has 0 atom stereocenters. The van der Waals surface area contributed by atoms with Crippen LogP contribution < -0.4 is 10.1 Å². The van der Waals surface area contributed by atoms with Gasteiger partial charge in [0.1, 0.15) is 0 Å². The molecule has 0 unspecified atom stereocenters. The summed E-state index contributed by atoms with van der Waals surface area (Å²) in [6.07, 6.45) is 2.82. The molecule has 108 valence electrons. The molecule has 0 aliphatic carbocycles. The first kappa shape index (κ1) is 14.2. The maximum Gasteiger partial charge on any atom is 0.162 e. The van der Waals surface area contributed by atoms with Crippen LogP contribution in [-0.2, 0) is 20.0 Å². The number of aromatic hydroxyl groups is 1. The Bertz CT molecular complexity index is 578. The van der Waals surface area contributed by atoms with Gasteiger partial charge in [0.25, 0.3) is 0 Å². The Morgan fingerprint density at radius 3 is 2.85 bits per heavy atom. The Labute approximate surface area is 119 Å². The number of phenols is 1. The van der Waals surface area contributed by atoms with Crippen molar-refractivity contribution in [2.24, 2.45) is 7.05 Å². The lowest BCUT2D eigenvalue weighted by Gasteiger charge is -2.11. The minimum atomic E-state index is 0.198. The Balaban J connectivity index is 2.12. The fourth-order valence-corrected chi connectivity index (χ4v) is 2.12. The summed E-state index contributed by atoms with van der Waals surface area (Å²) in [4.78, 5) is 0. The van der Waals surface area contributed by atoms with Crippen LogP contribution >= 0.6 is 0 Å². The predicted octanol–water partition coefficient (Wildman–Crippen LogP) is 2.70. The summed E-state index contributed by atoms with van der Waals surface area (Å²) in [6, 6.07) is 5.53. The zero-order valence-corrected chi connectivity index (χ0v) is 12.2. The molecule has 20 heavy (non-hydrogen) atoms. The molecule has 0 saturated heterocycles. The van der Waals surface area contributed by atoms with Crippen LogP contribution in [0.25, 0.3) is 0 Å². The molecule has 0 bridgehead atoms. The number of phenolic OH excluding ortho intramolecular Hbond substituents is 1. The van der Waals surface area contributed by atoms with Crippen LogP contribution in [0, 0.1) is 0 Å². The number of hydrogen-bond donors (Lipinski definition) is 2. The molecular formula is C15H21N3O2. The van der Waals surface area contributed by atoms with Gasteiger partial charge in [-0.25, -0.2) is 0 Å². The van der Waals surface area contributed by atoms with Crippen LogP contribution in [0.2, 0.25) is 0 Å². The summed E-state index contributed by atoms with van der Waals surface area (Å²) >= 11 is 0. The SMILES string of the molecule is CCOc1cccc(CNc2cn(C)nc2CC)c1O. The van der Waals surface area contributed by atoms with E-state index in [2.05, 4.69) is 17.3 Å². The molecule has 5 nitrogen and oxygen atoms in total. The third kappa shape index (κ3) is 3.04. The molecule has 2 aromatic rings. The highest BCUT2D eigenvalue weighted by Gasteiger charge is 2.10. The molecule has 1 aromatic carbocycles. The minimum Gasteiger partial charge on any atom is -0.504 e. The molecular weight excluding hydrogens is 254 g/mol. The third-order valence-electron chi connectivity index (χ3n) is 3.09. The number of benzene rings is 1. The first-order valence-electron chi connectivity index (χ1n) is 6.85. The van der Waals surface area contributed by atoms with Gasteiger partial charge in [0.05, 0.1) is 18.0 Å². The van der Waals surface area contributed by atoms with E-state index in [1.165, 1.54) is 0 Å². The maximum atomic E-state index is 10.1. The smallest absolute Gasteiger partial charge is 0.162 e. The molecule has 2 rings (SSSR count). The van der Waals surface area contributed by atoms with Crippen molar-refractivity contribution in [1.82, 2.24) is 9.78 Å². The summed E-state index contributed by atoms with van der Waals surface area (Å²) in [5.74, 6) is 0.720. The number of aryl methyl sites for hydroxylation is 2. The topological polar surface area (TPSA) is 59.3 Å². The van der Waals surface area contributed by atoms with Gasteiger partial charge in [-0.05, 0) is 19.4 Å². The summed E-state index contributed by atoms with van der Waals surface area (Å²) < 4.78 is 7.17. The van der Waals surface area contributed by atoms with E-state index in [4.69, 9.17) is 4.74 Å². The van der Waals surface area contributed by atoms with Crippen LogP contribution in [0.3, 0.4) is 0 Å². The minimum absolute atomic E-state index is 0.198. The van der Waals surface area contributed by atoms with E-state index in [1.54, 1.807) is 10.7 Å². The third-order valence-corrected chi connectivity index (χ3v) is 3.09. The van der Waals surface area contributed by atoms with Gasteiger partial charge in [0.15, 0.2) is 11.5 Å². The molecule has 0 radical (unpaired) electrons. The number of rotatable bonds is 6. The summed E-state index contributed by atoms with van der Waals surface area (Å²) in [7, 11) is 1.90. The Morgan fingerprint density at radius 2 is 2.15 bits per heavy atom. The molecule has 0 fully saturated rings. The van der Waals surface area contributed by atoms with Crippen molar-refractivity contribution in [3.8, 4) is 11.5 Å². The number of nitrogens with zero attached hydrogens (tertiary/aromatic N) is 2. The van der Waals surface area contributed by atoms with Crippen LogP contribution in [0.15, 0.2) is 24.4 Å². The van der Waals surface area contributed by atoms with Gasteiger partial charge in [-0.2, -0.15) is 5.10 Å². The van der Waals surface area contributed by atoms with Gasteiger partial charge < -0.3 is 15.2 Å². The molecule has 0 aliphatic rings. The van der Waals surface area contributed by atoms with Crippen LogP contribution in [0.4, 0.5) is 5.69 Å². The zero-order chi connectivity index (χ0) is 14.5. The molecule has 0 saturated carbocycles. The van der Waals surface area contributed by atoms with Crippen molar-refractivity contribution < 1.29 is 9.84 Å². The quantitative estimate of drug-likeness (QED) is 0.851. The Morgan fingerprint density at radius 1 is 1.35 bits per heavy atom. The summed E-state index contributed by atoms with van der Waals surface area (Å²) in [5.41, 5.74) is 2.83. The van der Waals surface area contributed by atoms with Gasteiger partial charge in [-0.1, -0.05) is 19.1 Å². The lowest BCUT2D eigenvalue weighted by atomic mass is 10.2. The van der Waals surface area contributed by atoms with Crippen LogP contribution in [0.1, 0.15) is 25.1 Å². The van der Waals surface area contributed by atoms with E-state index in [9.17, 15) is 5.11 Å². The van der Waals surface area contributed by atoms with Gasteiger partial charge in [-0.15, -0.1) is 0 Å². The van der Waals surface area contributed by atoms with Crippen molar-refractivity contribution in [2.45, 2.75) is 26.8 Å². The van der Waals surface area contributed by atoms with Crippen molar-refractivity contribution in [2.75, 3.05) is 11.9 Å². The van der Waals surface area contributed by atoms with E-state index < -0.39 is 0 Å². The second-order valence-corrected chi connectivity index (χ2v) is 4.57. The monoisotopic (exact) mass is 275 g/mol. The van der Waals surface area contributed by atoms with E-state index >= 15 is 0 Å². The summed E-state index contributed by atoms with van der Waals surface area (Å²) in [6.45, 7) is 5.03. The van der Waals surface area contributed by atoms with Crippen molar-refractivity contribution in [3.63, 3.8) is 0 Å². The molecule has 0 spiro atoms. The van der Waals surface area contributed by atoms with Crippen LogP contribution in [0.5, 0.6) is 11.5 Å². The lowest BCUT2D eigenvalue weighted by Crippen LogP contribution is -2.02. The molecule has 5 heteroatoms. The average molecular weight is 275 g/mol. The van der Waals surface area contributed by atoms with Crippen molar-refractivity contribution >= 4 is 5.69 Å². The first-order chi connectivity index (χ1) is 9.65. The fraction of sp³-hybridized carbons (Fsp3) is 0.400. The lowest BCUT2D eigenvalue weighted by molar-refractivity contribution is 0.317. The predicted molar refractivity (Wildman–Crippen MR) is 79.2 cm³/mol. The highest BCUT2D eigenvalue weighted by molar-refractivity contribution is 5.50. The van der Waals surface area contributed by atoms with E-state index in [0.29, 0.717) is 18.9 Å². The van der Waals surface area contributed by atoms with E-state index in [0.717, 1.165) is 23.4 Å². The second-order valence-electron chi connectivity index (χ2n) is 4.57. The first-order valence-corrected chi connectivity index (χ1v) is 6.85. The standard InChI is InChI=1S/C15H21N3O2/c1-4-12-13(10-18(3)17-12)16-9-11-7-6-8-14(15(11)19)20-5-2/h6-8,10,16,19H,4-5,9H2,1-3H3. The number of aromatic nitrogens is 2. The summed E-state index contributed by atoms with van der Waals surface area (Å²) in [5, 5.41) is 17.8. The highest BCUT2D eigenvalue weighted by Crippen LogP contribution is 2.30. The number of para-hydroxylation sites is 1. The number of anilines is 1. The van der Waals surface area contributed by atoms with Gasteiger partial charge >= 0.3 is 0 Å². The molecule has 0 amide bonds. The van der Waals surface area contributed by atoms with Gasteiger partial charge in [-0.3, -0.25) is 4.68 Å². The van der Waals surface area contributed by atoms with Gasteiger partial charge in [0.2, 0.25) is 0 Å². The normalized spacial score (nSPS) is 10.6. The molecule has 1 heterocycles. The average Bonchev–Trinajstić information content (AvgIpc) is 2.80. The Hall–Kier alpha value is -2.17.